The molecule has 0 atom stereocenters. The van der Waals surface area contributed by atoms with Crippen molar-refractivity contribution in [2.45, 2.75) is 39.0 Å². The van der Waals surface area contributed by atoms with Crippen LogP contribution in [0.3, 0.4) is 0 Å². The van der Waals surface area contributed by atoms with Crippen LogP contribution >= 0.6 is 0 Å². The third-order valence-corrected chi connectivity index (χ3v) is 1.26. The van der Waals surface area contributed by atoms with Crippen molar-refractivity contribution in [1.82, 2.24) is 0 Å². The summed E-state index contributed by atoms with van der Waals surface area (Å²) in [5.74, 6) is 0. The van der Waals surface area contributed by atoms with Crippen LogP contribution in [-0.2, 0) is 0 Å². The zero-order chi connectivity index (χ0) is 6.95. The van der Waals surface area contributed by atoms with Crippen LogP contribution in [0.25, 0.3) is 0 Å². The summed E-state index contributed by atoms with van der Waals surface area (Å²) >= 11 is 0. The minimum atomic E-state index is 1.03. The molecule has 0 aromatic heterocycles. The van der Waals surface area contributed by atoms with Gasteiger partial charge in [0.1, 0.15) is 0 Å². The van der Waals surface area contributed by atoms with Crippen LogP contribution in [0.5, 0.6) is 0 Å². The van der Waals surface area contributed by atoms with Crippen molar-refractivity contribution < 1.29 is 0 Å². The van der Waals surface area contributed by atoms with Crippen LogP contribution in [0.2, 0.25) is 0 Å². The summed E-state index contributed by atoms with van der Waals surface area (Å²) in [7, 11) is 0. The number of hydrogen-bond acceptors (Lipinski definition) is 0. The van der Waals surface area contributed by atoms with Crippen molar-refractivity contribution in [2.24, 2.45) is 0 Å². The highest BCUT2D eigenvalue weighted by Gasteiger charge is 1.76. The van der Waals surface area contributed by atoms with Crippen molar-refractivity contribution in [2.75, 3.05) is 0 Å². The first-order valence-electron chi connectivity index (χ1n) is 3.86. The standard InChI is InChI=1S/C9H17/c1-3-5-7-9-8-6-4-2/h7,9H,1,3-6,8H2,2H3/b9-7+. The monoisotopic (exact) mass is 125 g/mol. The van der Waals surface area contributed by atoms with E-state index in [2.05, 4.69) is 26.0 Å². The van der Waals surface area contributed by atoms with E-state index in [9.17, 15) is 0 Å². The summed E-state index contributed by atoms with van der Waals surface area (Å²) in [4.78, 5) is 0. The second kappa shape index (κ2) is 7.74. The molecule has 0 aromatic carbocycles. The lowest BCUT2D eigenvalue weighted by Gasteiger charge is -1.87. The van der Waals surface area contributed by atoms with E-state index in [1.165, 1.54) is 19.3 Å². The zero-order valence-corrected chi connectivity index (χ0v) is 6.40. The molecule has 0 aromatic rings. The lowest BCUT2D eigenvalue weighted by atomic mass is 10.2. The molecule has 0 amide bonds. The van der Waals surface area contributed by atoms with Crippen molar-refractivity contribution >= 4 is 0 Å². The second-order valence-electron chi connectivity index (χ2n) is 2.26. The summed E-state index contributed by atoms with van der Waals surface area (Å²) in [5.41, 5.74) is 0. The van der Waals surface area contributed by atoms with Crippen LogP contribution in [0, 0.1) is 6.92 Å². The summed E-state index contributed by atoms with van der Waals surface area (Å²) < 4.78 is 0. The van der Waals surface area contributed by atoms with E-state index in [1.54, 1.807) is 0 Å². The topological polar surface area (TPSA) is 0 Å². The van der Waals surface area contributed by atoms with Gasteiger partial charge >= 0.3 is 0 Å². The Bertz CT molecular complexity index is 62.4. The molecule has 0 saturated carbocycles. The van der Waals surface area contributed by atoms with Crippen molar-refractivity contribution in [3.63, 3.8) is 0 Å². The van der Waals surface area contributed by atoms with E-state index in [0.717, 1.165) is 12.8 Å². The Balaban J connectivity index is 2.86. The Morgan fingerprint density at radius 1 is 1.22 bits per heavy atom. The van der Waals surface area contributed by atoms with E-state index >= 15 is 0 Å². The number of rotatable bonds is 5. The van der Waals surface area contributed by atoms with Gasteiger partial charge in [0, 0.05) is 0 Å². The summed E-state index contributed by atoms with van der Waals surface area (Å²) in [6.45, 7) is 5.97. The molecule has 0 nitrogen and oxygen atoms in total. The summed E-state index contributed by atoms with van der Waals surface area (Å²) in [6.07, 6.45) is 10.5. The second-order valence-corrected chi connectivity index (χ2v) is 2.26. The molecule has 0 aliphatic rings. The highest BCUT2D eigenvalue weighted by Crippen LogP contribution is 1.96. The summed E-state index contributed by atoms with van der Waals surface area (Å²) in [6, 6.07) is 0. The maximum absolute atomic E-state index is 3.75. The first kappa shape index (κ1) is 8.74. The van der Waals surface area contributed by atoms with Crippen molar-refractivity contribution in [1.29, 1.82) is 0 Å². The number of hydrogen-bond donors (Lipinski definition) is 0. The highest BCUT2D eigenvalue weighted by molar-refractivity contribution is 4.81. The molecule has 0 aliphatic heterocycles. The third kappa shape index (κ3) is 7.74. The molecule has 0 aliphatic carbocycles. The molecule has 0 spiro atoms. The molecular weight excluding hydrogens is 108 g/mol. The molecule has 0 bridgehead atoms. The fourth-order valence-corrected chi connectivity index (χ4v) is 0.676. The SMILES string of the molecule is [CH2]CC/C=C/CCCC. The molecule has 0 unspecified atom stereocenters. The van der Waals surface area contributed by atoms with Crippen LogP contribution in [-0.4, -0.2) is 0 Å². The fraction of sp³-hybridized carbons (Fsp3) is 0.667. The van der Waals surface area contributed by atoms with Crippen molar-refractivity contribution in [3.05, 3.63) is 19.1 Å². The Hall–Kier alpha value is -0.260. The Labute approximate surface area is 59.0 Å². The first-order chi connectivity index (χ1) is 4.41. The zero-order valence-electron chi connectivity index (χ0n) is 6.40. The quantitative estimate of drug-likeness (QED) is 0.390. The van der Waals surface area contributed by atoms with E-state index in [4.69, 9.17) is 0 Å². The van der Waals surface area contributed by atoms with Gasteiger partial charge in [-0.05, 0) is 19.3 Å². The average Bonchev–Trinajstić information content (AvgIpc) is 1.89. The maximum atomic E-state index is 3.75. The van der Waals surface area contributed by atoms with Gasteiger partial charge in [0.15, 0.2) is 0 Å². The number of unbranched alkanes of at least 4 members (excludes halogenated alkanes) is 3. The van der Waals surface area contributed by atoms with Gasteiger partial charge in [0.2, 0.25) is 0 Å². The molecule has 0 heterocycles. The lowest BCUT2D eigenvalue weighted by Crippen LogP contribution is -1.66. The van der Waals surface area contributed by atoms with Crippen molar-refractivity contribution in [3.8, 4) is 0 Å². The molecule has 9 heavy (non-hydrogen) atoms. The molecule has 0 saturated heterocycles. The fourth-order valence-electron chi connectivity index (χ4n) is 0.676. The predicted molar refractivity (Wildman–Crippen MR) is 43.3 cm³/mol. The summed E-state index contributed by atoms with van der Waals surface area (Å²) in [5, 5.41) is 0. The Morgan fingerprint density at radius 3 is 2.44 bits per heavy atom. The van der Waals surface area contributed by atoms with E-state index < -0.39 is 0 Å². The minimum absolute atomic E-state index is 1.03. The molecule has 0 fully saturated rings. The Morgan fingerprint density at radius 2 is 1.89 bits per heavy atom. The van der Waals surface area contributed by atoms with E-state index in [0.29, 0.717) is 0 Å². The van der Waals surface area contributed by atoms with Gasteiger partial charge in [-0.25, -0.2) is 0 Å². The van der Waals surface area contributed by atoms with Crippen LogP contribution in [0.4, 0.5) is 0 Å². The van der Waals surface area contributed by atoms with E-state index in [1.807, 2.05) is 0 Å². The van der Waals surface area contributed by atoms with Gasteiger partial charge in [-0.2, -0.15) is 0 Å². The van der Waals surface area contributed by atoms with Crippen LogP contribution in [0.1, 0.15) is 39.0 Å². The van der Waals surface area contributed by atoms with Gasteiger partial charge in [-0.1, -0.05) is 38.8 Å². The first-order valence-corrected chi connectivity index (χ1v) is 3.86. The van der Waals surface area contributed by atoms with Gasteiger partial charge in [0.05, 0.1) is 0 Å². The highest BCUT2D eigenvalue weighted by atomic mass is 13.8. The molecule has 0 rings (SSSR count). The largest absolute Gasteiger partial charge is 0.0885 e. The van der Waals surface area contributed by atoms with E-state index in [-0.39, 0.29) is 0 Å². The molecule has 0 heteroatoms. The number of allylic oxidation sites excluding steroid dienone is 2. The van der Waals surface area contributed by atoms with Crippen LogP contribution in [0.15, 0.2) is 12.2 Å². The minimum Gasteiger partial charge on any atom is -0.0885 e. The van der Waals surface area contributed by atoms with Gasteiger partial charge in [0.25, 0.3) is 0 Å². The van der Waals surface area contributed by atoms with Gasteiger partial charge in [-0.15, -0.1) is 0 Å². The van der Waals surface area contributed by atoms with Crippen LogP contribution < -0.4 is 0 Å². The average molecular weight is 125 g/mol. The molecular formula is C9H17. The lowest BCUT2D eigenvalue weighted by molar-refractivity contribution is 0.811. The van der Waals surface area contributed by atoms with Gasteiger partial charge in [-0.3, -0.25) is 0 Å². The smallest absolute Gasteiger partial charge is 0.0351 e. The molecule has 53 valence electrons. The van der Waals surface area contributed by atoms with Gasteiger partial charge < -0.3 is 0 Å². The predicted octanol–water partition coefficient (Wildman–Crippen LogP) is 3.35. The third-order valence-electron chi connectivity index (χ3n) is 1.26. The normalized spacial score (nSPS) is 10.9. The molecule has 0 N–H and O–H groups in total. The Kier molecular flexibility index (Phi) is 7.52. The maximum Gasteiger partial charge on any atom is -0.0351 e. The molecule has 1 radical (unpaired) electrons.